The molecular formula is C12H25Cl2N3O. The maximum Gasteiger partial charge on any atom is 0.222 e. The number of hydrogen-bond acceptors (Lipinski definition) is 3. The van der Waals surface area contributed by atoms with Crippen molar-refractivity contribution in [2.45, 2.75) is 31.7 Å². The Morgan fingerprint density at radius 1 is 1.39 bits per heavy atom. The molecule has 0 saturated carbocycles. The van der Waals surface area contributed by atoms with E-state index in [1.807, 2.05) is 11.9 Å². The van der Waals surface area contributed by atoms with Crippen LogP contribution < -0.4 is 10.6 Å². The summed E-state index contributed by atoms with van der Waals surface area (Å²) in [6, 6.07) is 0.504. The van der Waals surface area contributed by atoms with Crippen molar-refractivity contribution in [3.8, 4) is 0 Å². The Kier molecular flexibility index (Phi) is 8.95. The predicted octanol–water partition coefficient (Wildman–Crippen LogP) is 1.04. The molecule has 2 heterocycles. The SMILES string of the molecule is CN1CC(NCC2CCCNC2)CCC1=O.Cl.Cl. The fourth-order valence-corrected chi connectivity index (χ4v) is 2.61. The number of carbonyl (C=O) groups excluding carboxylic acids is 1. The number of halogens is 2. The highest BCUT2D eigenvalue weighted by atomic mass is 35.5. The molecule has 0 aromatic rings. The van der Waals surface area contributed by atoms with E-state index in [1.165, 1.54) is 19.4 Å². The molecule has 0 radical (unpaired) electrons. The minimum absolute atomic E-state index is 0. The molecule has 1 amide bonds. The van der Waals surface area contributed by atoms with E-state index in [2.05, 4.69) is 10.6 Å². The molecule has 2 saturated heterocycles. The first-order chi connectivity index (χ1) is 7.75. The lowest BCUT2D eigenvalue weighted by atomic mass is 9.98. The van der Waals surface area contributed by atoms with Crippen molar-refractivity contribution in [2.24, 2.45) is 5.92 Å². The number of piperidine rings is 2. The minimum Gasteiger partial charge on any atom is -0.344 e. The number of carbonyl (C=O) groups is 1. The Labute approximate surface area is 122 Å². The monoisotopic (exact) mass is 297 g/mol. The van der Waals surface area contributed by atoms with Crippen molar-refractivity contribution < 1.29 is 4.79 Å². The highest BCUT2D eigenvalue weighted by molar-refractivity contribution is 5.85. The van der Waals surface area contributed by atoms with Gasteiger partial charge in [-0.15, -0.1) is 24.8 Å². The molecule has 2 N–H and O–H groups in total. The number of nitrogens with zero attached hydrogens (tertiary/aromatic N) is 1. The fourth-order valence-electron chi connectivity index (χ4n) is 2.61. The average Bonchev–Trinajstić information content (AvgIpc) is 2.32. The molecule has 0 aliphatic carbocycles. The topological polar surface area (TPSA) is 44.4 Å². The summed E-state index contributed by atoms with van der Waals surface area (Å²) >= 11 is 0. The molecule has 2 aliphatic rings. The molecule has 4 nitrogen and oxygen atoms in total. The van der Waals surface area contributed by atoms with Crippen LogP contribution in [-0.2, 0) is 4.79 Å². The van der Waals surface area contributed by atoms with E-state index in [-0.39, 0.29) is 30.7 Å². The van der Waals surface area contributed by atoms with E-state index in [4.69, 9.17) is 0 Å². The van der Waals surface area contributed by atoms with E-state index < -0.39 is 0 Å². The van der Waals surface area contributed by atoms with Crippen molar-refractivity contribution >= 4 is 30.7 Å². The number of rotatable bonds is 3. The van der Waals surface area contributed by atoms with E-state index in [0.29, 0.717) is 12.5 Å². The molecular weight excluding hydrogens is 273 g/mol. The smallest absolute Gasteiger partial charge is 0.222 e. The lowest BCUT2D eigenvalue weighted by Crippen LogP contribution is -2.48. The van der Waals surface area contributed by atoms with Crippen LogP contribution >= 0.6 is 24.8 Å². The van der Waals surface area contributed by atoms with E-state index in [9.17, 15) is 4.79 Å². The molecule has 6 heteroatoms. The number of nitrogens with one attached hydrogen (secondary N) is 2. The van der Waals surface area contributed by atoms with Crippen LogP contribution in [0.5, 0.6) is 0 Å². The lowest BCUT2D eigenvalue weighted by Gasteiger charge is -2.32. The zero-order chi connectivity index (χ0) is 11.4. The third-order valence-corrected chi connectivity index (χ3v) is 3.72. The van der Waals surface area contributed by atoms with Gasteiger partial charge < -0.3 is 15.5 Å². The summed E-state index contributed by atoms with van der Waals surface area (Å²) in [7, 11) is 1.90. The summed E-state index contributed by atoms with van der Waals surface area (Å²) < 4.78 is 0. The molecule has 18 heavy (non-hydrogen) atoms. The van der Waals surface area contributed by atoms with Gasteiger partial charge in [0.25, 0.3) is 0 Å². The first kappa shape index (κ1) is 18.0. The number of likely N-dealkylation sites (N-methyl/N-ethyl adjacent to an activating group) is 1. The Hall–Kier alpha value is -0.0300. The molecule has 0 aromatic carbocycles. The molecule has 2 fully saturated rings. The van der Waals surface area contributed by atoms with Gasteiger partial charge >= 0.3 is 0 Å². The standard InChI is InChI=1S/C12H23N3O.2ClH/c1-15-9-11(4-5-12(15)16)14-8-10-3-2-6-13-7-10;;/h10-11,13-14H,2-9H2,1H3;2*1H. The van der Waals surface area contributed by atoms with Gasteiger partial charge in [-0.25, -0.2) is 0 Å². The van der Waals surface area contributed by atoms with Gasteiger partial charge in [0, 0.05) is 26.1 Å². The molecule has 0 aromatic heterocycles. The normalized spacial score (nSPS) is 28.3. The van der Waals surface area contributed by atoms with Crippen LogP contribution in [0, 0.1) is 5.92 Å². The van der Waals surface area contributed by atoms with E-state index in [0.717, 1.165) is 32.0 Å². The maximum absolute atomic E-state index is 11.3. The van der Waals surface area contributed by atoms with Crippen molar-refractivity contribution in [1.82, 2.24) is 15.5 Å². The number of hydrogen-bond donors (Lipinski definition) is 2. The predicted molar refractivity (Wildman–Crippen MR) is 78.8 cm³/mol. The Morgan fingerprint density at radius 2 is 2.17 bits per heavy atom. The zero-order valence-electron chi connectivity index (χ0n) is 11.0. The molecule has 0 spiro atoms. The summed E-state index contributed by atoms with van der Waals surface area (Å²) in [6.07, 6.45) is 4.34. The third kappa shape index (κ3) is 5.31. The first-order valence-electron chi connectivity index (χ1n) is 6.44. The van der Waals surface area contributed by atoms with E-state index >= 15 is 0 Å². The first-order valence-corrected chi connectivity index (χ1v) is 6.44. The summed E-state index contributed by atoms with van der Waals surface area (Å²) in [6.45, 7) is 4.30. The molecule has 108 valence electrons. The quantitative estimate of drug-likeness (QED) is 0.818. The molecule has 0 bridgehead atoms. The van der Waals surface area contributed by atoms with Gasteiger partial charge in [-0.05, 0) is 44.8 Å². The van der Waals surface area contributed by atoms with Crippen LogP contribution in [0.25, 0.3) is 0 Å². The van der Waals surface area contributed by atoms with Gasteiger partial charge in [-0.1, -0.05) is 0 Å². The summed E-state index contributed by atoms with van der Waals surface area (Å²) in [5, 5.41) is 7.04. The van der Waals surface area contributed by atoms with Gasteiger partial charge in [0.1, 0.15) is 0 Å². The van der Waals surface area contributed by atoms with Gasteiger partial charge in [0.15, 0.2) is 0 Å². The van der Waals surface area contributed by atoms with Crippen molar-refractivity contribution in [3.05, 3.63) is 0 Å². The Bertz CT molecular complexity index is 247. The highest BCUT2D eigenvalue weighted by Gasteiger charge is 2.23. The summed E-state index contributed by atoms with van der Waals surface area (Å²) in [5.41, 5.74) is 0. The molecule has 2 aliphatic heterocycles. The summed E-state index contributed by atoms with van der Waals surface area (Å²) in [4.78, 5) is 13.2. The van der Waals surface area contributed by atoms with Crippen LogP contribution in [0.2, 0.25) is 0 Å². The van der Waals surface area contributed by atoms with Crippen LogP contribution in [-0.4, -0.2) is 50.1 Å². The third-order valence-electron chi connectivity index (χ3n) is 3.72. The van der Waals surface area contributed by atoms with Crippen LogP contribution in [0.1, 0.15) is 25.7 Å². The van der Waals surface area contributed by atoms with Gasteiger partial charge in [-0.3, -0.25) is 4.79 Å². The Balaban J connectivity index is 0.00000144. The second-order valence-corrected chi connectivity index (χ2v) is 5.13. The van der Waals surface area contributed by atoms with Gasteiger partial charge in [0.2, 0.25) is 5.91 Å². The number of likely N-dealkylation sites (tertiary alicyclic amines) is 1. The van der Waals surface area contributed by atoms with Crippen molar-refractivity contribution in [3.63, 3.8) is 0 Å². The second-order valence-electron chi connectivity index (χ2n) is 5.13. The van der Waals surface area contributed by atoms with E-state index in [1.54, 1.807) is 0 Å². The second kappa shape index (κ2) is 8.97. The molecule has 2 atom stereocenters. The highest BCUT2D eigenvalue weighted by Crippen LogP contribution is 2.12. The average molecular weight is 298 g/mol. The van der Waals surface area contributed by atoms with Gasteiger partial charge in [-0.2, -0.15) is 0 Å². The van der Waals surface area contributed by atoms with Crippen molar-refractivity contribution in [2.75, 3.05) is 33.2 Å². The fraction of sp³-hybridized carbons (Fsp3) is 0.917. The van der Waals surface area contributed by atoms with Crippen LogP contribution in [0.3, 0.4) is 0 Å². The number of amides is 1. The molecule has 2 unspecified atom stereocenters. The lowest BCUT2D eigenvalue weighted by molar-refractivity contribution is -0.132. The van der Waals surface area contributed by atoms with Crippen LogP contribution in [0.4, 0.5) is 0 Å². The van der Waals surface area contributed by atoms with Gasteiger partial charge in [0.05, 0.1) is 0 Å². The summed E-state index contributed by atoms with van der Waals surface area (Å²) in [5.74, 6) is 1.06. The van der Waals surface area contributed by atoms with Crippen LogP contribution in [0.15, 0.2) is 0 Å². The largest absolute Gasteiger partial charge is 0.344 e. The Morgan fingerprint density at radius 3 is 2.78 bits per heavy atom. The maximum atomic E-state index is 11.3. The van der Waals surface area contributed by atoms with Crippen molar-refractivity contribution in [1.29, 1.82) is 0 Å². The minimum atomic E-state index is 0. The zero-order valence-corrected chi connectivity index (χ0v) is 12.6. The molecule has 2 rings (SSSR count).